The Balaban J connectivity index is 2.00. The molecule has 0 saturated heterocycles. The lowest BCUT2D eigenvalue weighted by Crippen LogP contribution is -2.31. The van der Waals surface area contributed by atoms with Crippen LogP contribution in [-0.4, -0.2) is 17.5 Å². The van der Waals surface area contributed by atoms with E-state index >= 15 is 0 Å². The van der Waals surface area contributed by atoms with Gasteiger partial charge >= 0.3 is 0 Å². The van der Waals surface area contributed by atoms with Crippen LogP contribution in [-0.2, 0) is 6.54 Å². The summed E-state index contributed by atoms with van der Waals surface area (Å²) in [5.41, 5.74) is 1.42. The van der Waals surface area contributed by atoms with Gasteiger partial charge < -0.3 is 5.32 Å². The summed E-state index contributed by atoms with van der Waals surface area (Å²) in [6.07, 6.45) is 2.17. The summed E-state index contributed by atoms with van der Waals surface area (Å²) in [6, 6.07) is 8.62. The van der Waals surface area contributed by atoms with Gasteiger partial charge in [0.15, 0.2) is 0 Å². The average molecular weight is 265 g/mol. The van der Waals surface area contributed by atoms with E-state index in [-0.39, 0.29) is 0 Å². The van der Waals surface area contributed by atoms with E-state index in [0.29, 0.717) is 4.75 Å². The van der Waals surface area contributed by atoms with Crippen molar-refractivity contribution in [3.8, 4) is 0 Å². The van der Waals surface area contributed by atoms with Crippen LogP contribution in [0.5, 0.6) is 0 Å². The Morgan fingerprint density at radius 1 is 1.29 bits per heavy atom. The second-order valence-electron chi connectivity index (χ2n) is 4.82. The van der Waals surface area contributed by atoms with Crippen molar-refractivity contribution in [3.63, 3.8) is 0 Å². The Labute approximate surface area is 112 Å². The fourth-order valence-electron chi connectivity index (χ4n) is 1.74. The lowest BCUT2D eigenvalue weighted by molar-refractivity contribution is 0.593. The van der Waals surface area contributed by atoms with Crippen LogP contribution in [0.15, 0.2) is 29.6 Å². The van der Waals surface area contributed by atoms with Gasteiger partial charge in [-0.1, -0.05) is 18.2 Å². The van der Waals surface area contributed by atoms with Gasteiger partial charge in [-0.2, -0.15) is 11.8 Å². The molecule has 0 aliphatic rings. The Morgan fingerprint density at radius 2 is 2.06 bits per heavy atom. The monoisotopic (exact) mass is 265 g/mol. The molecule has 0 aliphatic carbocycles. The molecule has 1 aromatic carbocycles. The van der Waals surface area contributed by atoms with Gasteiger partial charge in [-0.25, -0.2) is 0 Å². The third-order valence-corrected chi connectivity index (χ3v) is 5.24. The molecule has 92 valence electrons. The van der Waals surface area contributed by atoms with E-state index in [1.54, 1.807) is 0 Å². The zero-order valence-corrected chi connectivity index (χ0v) is 12.3. The number of benzene rings is 1. The van der Waals surface area contributed by atoms with E-state index in [4.69, 9.17) is 0 Å². The number of hydrogen-bond donors (Lipinski definition) is 1. The van der Waals surface area contributed by atoms with E-state index in [9.17, 15) is 0 Å². The van der Waals surface area contributed by atoms with Crippen LogP contribution in [0.1, 0.15) is 19.4 Å². The van der Waals surface area contributed by atoms with Crippen LogP contribution in [0.4, 0.5) is 0 Å². The first-order valence-corrected chi connectivity index (χ1v) is 7.94. The van der Waals surface area contributed by atoms with E-state index < -0.39 is 0 Å². The van der Waals surface area contributed by atoms with E-state index in [2.05, 4.69) is 55.1 Å². The van der Waals surface area contributed by atoms with Gasteiger partial charge in [-0.05, 0) is 42.5 Å². The molecule has 17 heavy (non-hydrogen) atoms. The summed E-state index contributed by atoms with van der Waals surface area (Å²) >= 11 is 3.74. The van der Waals surface area contributed by atoms with Crippen molar-refractivity contribution in [2.45, 2.75) is 25.1 Å². The molecule has 0 saturated carbocycles. The third kappa shape index (κ3) is 3.24. The Hall–Kier alpha value is -0.510. The van der Waals surface area contributed by atoms with E-state index in [1.807, 2.05) is 23.1 Å². The molecular weight excluding hydrogens is 246 g/mol. The molecule has 1 N–H and O–H groups in total. The molecule has 0 bridgehead atoms. The zero-order valence-electron chi connectivity index (χ0n) is 10.6. The molecule has 0 fully saturated rings. The number of thiophene rings is 1. The van der Waals surface area contributed by atoms with E-state index in [1.165, 1.54) is 15.6 Å². The number of thioether (sulfide) groups is 1. The van der Waals surface area contributed by atoms with Crippen LogP contribution in [0.25, 0.3) is 10.1 Å². The van der Waals surface area contributed by atoms with Gasteiger partial charge in [-0.15, -0.1) is 11.3 Å². The van der Waals surface area contributed by atoms with Crippen molar-refractivity contribution in [3.05, 3.63) is 35.2 Å². The summed E-state index contributed by atoms with van der Waals surface area (Å²) in [7, 11) is 0. The minimum absolute atomic E-state index is 0.311. The Bertz CT molecular complexity index is 488. The van der Waals surface area contributed by atoms with Crippen LogP contribution < -0.4 is 5.32 Å². The number of rotatable bonds is 5. The highest BCUT2D eigenvalue weighted by Crippen LogP contribution is 2.26. The van der Waals surface area contributed by atoms with Crippen molar-refractivity contribution < 1.29 is 0 Å². The number of nitrogens with one attached hydrogen (secondary N) is 1. The standard InChI is InChI=1S/C14H19NS2/c1-14(2,16-3)10-15-8-11-9-17-13-7-5-4-6-12(11)13/h4-7,9,15H,8,10H2,1-3H3. The SMILES string of the molecule is CSC(C)(C)CNCc1csc2ccccc12. The molecule has 2 rings (SSSR count). The predicted octanol–water partition coefficient (Wildman–Crippen LogP) is 4.13. The molecule has 1 heterocycles. The second kappa shape index (κ2) is 5.42. The van der Waals surface area contributed by atoms with Crippen LogP contribution in [0, 0.1) is 0 Å². The maximum atomic E-state index is 3.56. The highest BCUT2D eigenvalue weighted by Gasteiger charge is 2.15. The van der Waals surface area contributed by atoms with Crippen LogP contribution in [0.3, 0.4) is 0 Å². The van der Waals surface area contributed by atoms with Gasteiger partial charge in [-0.3, -0.25) is 0 Å². The fraction of sp³-hybridized carbons (Fsp3) is 0.429. The van der Waals surface area contributed by atoms with Gasteiger partial charge in [0.1, 0.15) is 0 Å². The minimum Gasteiger partial charge on any atom is -0.311 e. The van der Waals surface area contributed by atoms with Gasteiger partial charge in [0.05, 0.1) is 0 Å². The molecule has 0 spiro atoms. The molecule has 0 amide bonds. The van der Waals surface area contributed by atoms with Crippen molar-refractivity contribution in [2.75, 3.05) is 12.8 Å². The second-order valence-corrected chi connectivity index (χ2v) is 7.25. The summed E-state index contributed by atoms with van der Waals surface area (Å²) < 4.78 is 1.69. The first kappa shape index (κ1) is 12.9. The predicted molar refractivity (Wildman–Crippen MR) is 81.1 cm³/mol. The summed E-state index contributed by atoms with van der Waals surface area (Å²) in [4.78, 5) is 0. The summed E-state index contributed by atoms with van der Waals surface area (Å²) in [5.74, 6) is 0. The maximum Gasteiger partial charge on any atom is 0.0346 e. The quantitative estimate of drug-likeness (QED) is 0.872. The molecule has 1 aromatic heterocycles. The van der Waals surface area contributed by atoms with Crippen LogP contribution in [0.2, 0.25) is 0 Å². The molecule has 2 aromatic rings. The topological polar surface area (TPSA) is 12.0 Å². The normalized spacial score (nSPS) is 12.2. The summed E-state index contributed by atoms with van der Waals surface area (Å²) in [6.45, 7) is 6.55. The molecule has 0 radical (unpaired) electrons. The van der Waals surface area contributed by atoms with Crippen molar-refractivity contribution in [2.24, 2.45) is 0 Å². The lowest BCUT2D eigenvalue weighted by atomic mass is 10.1. The molecule has 3 heteroatoms. The molecule has 1 nitrogen and oxygen atoms in total. The lowest BCUT2D eigenvalue weighted by Gasteiger charge is -2.22. The highest BCUT2D eigenvalue weighted by atomic mass is 32.2. The fourth-order valence-corrected chi connectivity index (χ4v) is 2.95. The molecular formula is C14H19NS2. The van der Waals surface area contributed by atoms with Crippen molar-refractivity contribution in [1.29, 1.82) is 0 Å². The summed E-state index contributed by atoms with van der Waals surface area (Å²) in [5, 5.41) is 7.22. The Kier molecular flexibility index (Phi) is 4.13. The zero-order chi connectivity index (χ0) is 12.3. The molecule has 0 aliphatic heterocycles. The number of hydrogen-bond acceptors (Lipinski definition) is 3. The van der Waals surface area contributed by atoms with Crippen molar-refractivity contribution >= 4 is 33.2 Å². The van der Waals surface area contributed by atoms with Crippen LogP contribution >= 0.6 is 23.1 Å². The van der Waals surface area contributed by atoms with E-state index in [0.717, 1.165) is 13.1 Å². The maximum absolute atomic E-state index is 3.56. The first-order chi connectivity index (χ1) is 8.12. The van der Waals surface area contributed by atoms with Gasteiger partial charge in [0, 0.05) is 22.5 Å². The van der Waals surface area contributed by atoms with Gasteiger partial charge in [0.25, 0.3) is 0 Å². The molecule has 0 atom stereocenters. The average Bonchev–Trinajstić information content (AvgIpc) is 2.73. The Morgan fingerprint density at radius 3 is 2.82 bits per heavy atom. The number of fused-ring (bicyclic) bond motifs is 1. The third-order valence-electron chi connectivity index (χ3n) is 2.98. The largest absolute Gasteiger partial charge is 0.311 e. The smallest absolute Gasteiger partial charge is 0.0346 e. The minimum atomic E-state index is 0.311. The van der Waals surface area contributed by atoms with Crippen molar-refractivity contribution in [1.82, 2.24) is 5.32 Å². The highest BCUT2D eigenvalue weighted by molar-refractivity contribution is 7.99. The van der Waals surface area contributed by atoms with Gasteiger partial charge in [0.2, 0.25) is 0 Å². The first-order valence-electron chi connectivity index (χ1n) is 5.83. The molecule has 0 unspecified atom stereocenters.